The molecule has 0 radical (unpaired) electrons. The number of piperidine rings is 1. The van der Waals surface area contributed by atoms with Crippen molar-refractivity contribution in [1.29, 1.82) is 0 Å². The van der Waals surface area contributed by atoms with Gasteiger partial charge in [0.15, 0.2) is 0 Å². The summed E-state index contributed by atoms with van der Waals surface area (Å²) in [6.45, 7) is 5.74. The van der Waals surface area contributed by atoms with Crippen LogP contribution in [0.1, 0.15) is 29.7 Å². The molecule has 1 aliphatic heterocycles. The van der Waals surface area contributed by atoms with E-state index in [1.807, 2.05) is 32.0 Å². The Labute approximate surface area is 135 Å². The smallest absolute Gasteiger partial charge is 0.239 e. The van der Waals surface area contributed by atoms with Crippen molar-refractivity contribution in [1.82, 2.24) is 14.8 Å². The first-order chi connectivity index (χ1) is 10.4. The summed E-state index contributed by atoms with van der Waals surface area (Å²) in [6, 6.07) is -0.228. The molecule has 2 unspecified atom stereocenters. The molecule has 2 rings (SSSR count). The molecule has 2 heterocycles. The summed E-state index contributed by atoms with van der Waals surface area (Å²) in [4.78, 5) is 33.1. The standard InChI is InChI=1S/C15H24N4O2S/c1-10(18(3)9-13-7-17-11(2)22-13)15(21)19-6-4-5-12(8-19)14(16)20/h7,10,12H,4-6,8-9H2,1-3H3,(H2,16,20). The Morgan fingerprint density at radius 3 is 2.91 bits per heavy atom. The maximum Gasteiger partial charge on any atom is 0.239 e. The molecule has 2 atom stereocenters. The lowest BCUT2D eigenvalue weighted by Gasteiger charge is -2.35. The Bertz CT molecular complexity index is 545. The van der Waals surface area contributed by atoms with Gasteiger partial charge in [-0.05, 0) is 33.7 Å². The summed E-state index contributed by atoms with van der Waals surface area (Å²) in [7, 11) is 1.94. The van der Waals surface area contributed by atoms with Crippen LogP contribution in [0.2, 0.25) is 0 Å². The molecule has 1 aromatic heterocycles. The topological polar surface area (TPSA) is 79.5 Å². The van der Waals surface area contributed by atoms with E-state index < -0.39 is 0 Å². The van der Waals surface area contributed by atoms with Gasteiger partial charge >= 0.3 is 0 Å². The molecule has 1 saturated heterocycles. The number of carbonyl (C=O) groups is 2. The number of primary amides is 1. The first-order valence-corrected chi connectivity index (χ1v) is 8.39. The highest BCUT2D eigenvalue weighted by Crippen LogP contribution is 2.19. The molecule has 1 fully saturated rings. The monoisotopic (exact) mass is 324 g/mol. The van der Waals surface area contributed by atoms with Gasteiger partial charge in [0, 0.05) is 30.7 Å². The average Bonchev–Trinajstić information content (AvgIpc) is 2.90. The normalized spacial score (nSPS) is 20.2. The van der Waals surface area contributed by atoms with Gasteiger partial charge in [-0.15, -0.1) is 11.3 Å². The zero-order chi connectivity index (χ0) is 16.3. The summed E-state index contributed by atoms with van der Waals surface area (Å²) in [5.74, 6) is -0.451. The van der Waals surface area contributed by atoms with Gasteiger partial charge in [-0.1, -0.05) is 0 Å². The molecule has 6 nitrogen and oxygen atoms in total. The number of nitrogens with zero attached hydrogens (tertiary/aromatic N) is 3. The van der Waals surface area contributed by atoms with Crippen molar-refractivity contribution in [2.24, 2.45) is 11.7 Å². The number of amides is 2. The quantitative estimate of drug-likeness (QED) is 0.876. The lowest BCUT2D eigenvalue weighted by molar-refractivity contribution is -0.139. The van der Waals surface area contributed by atoms with Crippen molar-refractivity contribution in [3.8, 4) is 0 Å². The van der Waals surface area contributed by atoms with E-state index in [1.54, 1.807) is 16.2 Å². The van der Waals surface area contributed by atoms with E-state index >= 15 is 0 Å². The summed E-state index contributed by atoms with van der Waals surface area (Å²) in [5, 5.41) is 1.03. The van der Waals surface area contributed by atoms with Crippen molar-refractivity contribution in [3.05, 3.63) is 16.1 Å². The fourth-order valence-corrected chi connectivity index (χ4v) is 3.58. The van der Waals surface area contributed by atoms with Gasteiger partial charge in [0.1, 0.15) is 0 Å². The number of aryl methyl sites for hydroxylation is 1. The molecular weight excluding hydrogens is 300 g/mol. The molecule has 0 spiro atoms. The molecule has 0 aliphatic carbocycles. The van der Waals surface area contributed by atoms with Gasteiger partial charge in [0.05, 0.1) is 17.0 Å². The van der Waals surface area contributed by atoms with Gasteiger partial charge in [-0.2, -0.15) is 0 Å². The fourth-order valence-electron chi connectivity index (χ4n) is 2.72. The van der Waals surface area contributed by atoms with Gasteiger partial charge in [0.25, 0.3) is 0 Å². The van der Waals surface area contributed by atoms with E-state index in [-0.39, 0.29) is 23.8 Å². The van der Waals surface area contributed by atoms with E-state index in [0.29, 0.717) is 19.6 Å². The second-order valence-electron chi connectivity index (χ2n) is 5.96. The number of hydrogen-bond donors (Lipinski definition) is 1. The number of aromatic nitrogens is 1. The average molecular weight is 324 g/mol. The SMILES string of the molecule is Cc1ncc(CN(C)C(C)C(=O)N2CCCC(C(N)=O)C2)s1. The van der Waals surface area contributed by atoms with E-state index in [0.717, 1.165) is 22.7 Å². The second-order valence-corrected chi connectivity index (χ2v) is 7.28. The number of nitrogens with two attached hydrogens (primary N) is 1. The number of carbonyl (C=O) groups excluding carboxylic acids is 2. The van der Waals surface area contributed by atoms with Crippen molar-refractivity contribution in [2.75, 3.05) is 20.1 Å². The Kier molecular flexibility index (Phi) is 5.52. The van der Waals surface area contributed by atoms with Crippen molar-refractivity contribution in [3.63, 3.8) is 0 Å². The summed E-state index contributed by atoms with van der Waals surface area (Å²) in [5.41, 5.74) is 5.38. The Balaban J connectivity index is 1.94. The van der Waals surface area contributed by atoms with Crippen molar-refractivity contribution >= 4 is 23.2 Å². The maximum atomic E-state index is 12.6. The lowest BCUT2D eigenvalue weighted by atomic mass is 9.97. The third-order valence-electron chi connectivity index (χ3n) is 4.23. The van der Waals surface area contributed by atoms with E-state index in [2.05, 4.69) is 4.98 Å². The van der Waals surface area contributed by atoms with Crippen LogP contribution in [-0.2, 0) is 16.1 Å². The third kappa shape index (κ3) is 4.04. The van der Waals surface area contributed by atoms with E-state index in [9.17, 15) is 9.59 Å². The molecule has 7 heteroatoms. The van der Waals surface area contributed by atoms with Crippen LogP contribution < -0.4 is 5.73 Å². The molecule has 2 N–H and O–H groups in total. The summed E-state index contributed by atoms with van der Waals surface area (Å²) in [6.07, 6.45) is 3.48. The molecule has 0 bridgehead atoms. The third-order valence-corrected chi connectivity index (χ3v) is 5.13. The van der Waals surface area contributed by atoms with Gasteiger partial charge in [0.2, 0.25) is 11.8 Å². The van der Waals surface area contributed by atoms with Crippen molar-refractivity contribution < 1.29 is 9.59 Å². The van der Waals surface area contributed by atoms with Crippen LogP contribution in [0.25, 0.3) is 0 Å². The fraction of sp³-hybridized carbons (Fsp3) is 0.667. The van der Waals surface area contributed by atoms with Gasteiger partial charge in [-0.3, -0.25) is 14.5 Å². The first kappa shape index (κ1) is 16.9. The van der Waals surface area contributed by atoms with Crippen LogP contribution in [0.5, 0.6) is 0 Å². The van der Waals surface area contributed by atoms with Crippen LogP contribution in [0.4, 0.5) is 0 Å². The molecule has 1 aliphatic rings. The minimum Gasteiger partial charge on any atom is -0.369 e. The number of likely N-dealkylation sites (tertiary alicyclic amines) is 1. The van der Waals surface area contributed by atoms with Crippen LogP contribution in [0.3, 0.4) is 0 Å². The number of rotatable bonds is 5. The lowest BCUT2D eigenvalue weighted by Crippen LogP contribution is -2.50. The highest BCUT2D eigenvalue weighted by atomic mass is 32.1. The van der Waals surface area contributed by atoms with Crippen LogP contribution in [0, 0.1) is 12.8 Å². The second kappa shape index (κ2) is 7.19. The van der Waals surface area contributed by atoms with Crippen LogP contribution in [0.15, 0.2) is 6.20 Å². The summed E-state index contributed by atoms with van der Waals surface area (Å²) >= 11 is 1.65. The van der Waals surface area contributed by atoms with Crippen LogP contribution >= 0.6 is 11.3 Å². The highest BCUT2D eigenvalue weighted by molar-refractivity contribution is 7.11. The minimum absolute atomic E-state index is 0.0645. The molecule has 22 heavy (non-hydrogen) atoms. The zero-order valence-electron chi connectivity index (χ0n) is 13.4. The Morgan fingerprint density at radius 2 is 2.32 bits per heavy atom. The van der Waals surface area contributed by atoms with E-state index in [4.69, 9.17) is 5.73 Å². The highest BCUT2D eigenvalue weighted by Gasteiger charge is 2.30. The number of thiazole rings is 1. The van der Waals surface area contributed by atoms with Crippen molar-refractivity contribution in [2.45, 2.75) is 39.3 Å². The number of likely N-dealkylation sites (N-methyl/N-ethyl adjacent to an activating group) is 1. The predicted octanol–water partition coefficient (Wildman–Crippen LogP) is 0.996. The first-order valence-electron chi connectivity index (χ1n) is 7.58. The Morgan fingerprint density at radius 1 is 1.59 bits per heavy atom. The molecular formula is C15H24N4O2S. The van der Waals surface area contributed by atoms with Gasteiger partial charge in [-0.25, -0.2) is 4.98 Å². The van der Waals surface area contributed by atoms with Gasteiger partial charge < -0.3 is 10.6 Å². The summed E-state index contributed by atoms with van der Waals surface area (Å²) < 4.78 is 0. The molecule has 2 amide bonds. The molecule has 1 aromatic rings. The predicted molar refractivity (Wildman–Crippen MR) is 86.3 cm³/mol. The largest absolute Gasteiger partial charge is 0.369 e. The molecule has 122 valence electrons. The van der Waals surface area contributed by atoms with E-state index in [1.165, 1.54) is 0 Å². The minimum atomic E-state index is -0.307. The molecule has 0 aromatic carbocycles. The Hall–Kier alpha value is -1.47. The zero-order valence-corrected chi connectivity index (χ0v) is 14.2. The van der Waals surface area contributed by atoms with Crippen LogP contribution in [-0.4, -0.2) is 52.8 Å². The number of hydrogen-bond acceptors (Lipinski definition) is 5. The molecule has 0 saturated carbocycles. The maximum absolute atomic E-state index is 12.6.